The van der Waals surface area contributed by atoms with Gasteiger partial charge in [-0.3, -0.25) is 0 Å². The van der Waals surface area contributed by atoms with E-state index in [1.165, 1.54) is 10.8 Å². The molecule has 0 aliphatic heterocycles. The fourth-order valence-electron chi connectivity index (χ4n) is 2.17. The van der Waals surface area contributed by atoms with Crippen LogP contribution in [0.25, 0.3) is 21.8 Å². The molecule has 4 heteroatoms. The second kappa shape index (κ2) is 3.77. The summed E-state index contributed by atoms with van der Waals surface area (Å²) in [5.74, 6) is 0. The van der Waals surface area contributed by atoms with E-state index in [1.54, 1.807) is 0 Å². The maximum atomic E-state index is 11.8. The van der Waals surface area contributed by atoms with Gasteiger partial charge in [0.2, 0.25) is 0 Å². The average Bonchev–Trinajstić information content (AvgIpc) is 2.67. The van der Waals surface area contributed by atoms with Crippen LogP contribution in [0.3, 0.4) is 0 Å². The molecule has 0 saturated carbocycles. The van der Waals surface area contributed by atoms with E-state index in [1.807, 2.05) is 24.3 Å². The van der Waals surface area contributed by atoms with Gasteiger partial charge in [-0.2, -0.15) is 0 Å². The first-order chi connectivity index (χ1) is 7.77. The van der Waals surface area contributed by atoms with Crippen molar-refractivity contribution in [2.45, 2.75) is 0 Å². The molecule has 0 saturated heterocycles. The monoisotopic (exact) mass is 261 g/mol. The Labute approximate surface area is 101 Å². The van der Waals surface area contributed by atoms with Gasteiger partial charge >= 0.3 is 102 Å². The zero-order chi connectivity index (χ0) is 11.1. The minimum atomic E-state index is -2.14. The molecule has 3 aromatic rings. The van der Waals surface area contributed by atoms with Crippen LogP contribution in [-0.4, -0.2) is 13.1 Å². The normalized spacial score (nSPS) is 11.2. The summed E-state index contributed by atoms with van der Waals surface area (Å²) in [6.07, 6.45) is 0. The molecule has 1 N–H and O–H groups in total. The predicted octanol–water partition coefficient (Wildman–Crippen LogP) is 1.19. The van der Waals surface area contributed by atoms with Crippen molar-refractivity contribution in [2.24, 2.45) is 0 Å². The number of hydrogen-bond acceptors (Lipinski definition) is 1. The number of rotatable bonds is 1. The van der Waals surface area contributed by atoms with Crippen LogP contribution in [0.15, 0.2) is 42.5 Å². The van der Waals surface area contributed by atoms with Gasteiger partial charge in [0.15, 0.2) is 0 Å². The van der Waals surface area contributed by atoms with E-state index in [0.29, 0.717) is 0 Å². The quantitative estimate of drug-likeness (QED) is 0.656. The number of hydrogen-bond donors (Lipinski definition) is 1. The molecule has 2 nitrogen and oxygen atoms in total. The summed E-state index contributed by atoms with van der Waals surface area (Å²) in [4.78, 5) is 3.39. The zero-order valence-electron chi connectivity index (χ0n) is 8.95. The van der Waals surface area contributed by atoms with Crippen molar-refractivity contribution in [1.29, 1.82) is 0 Å². The molecule has 0 fully saturated rings. The Morgan fingerprint density at radius 2 is 1.75 bits per heavy atom. The van der Waals surface area contributed by atoms with Gasteiger partial charge in [-0.05, 0) is 0 Å². The van der Waals surface area contributed by atoms with Crippen LogP contribution in [0, 0.1) is 0 Å². The van der Waals surface area contributed by atoms with E-state index in [2.05, 4.69) is 23.2 Å². The van der Waals surface area contributed by atoms with Crippen LogP contribution in [0.2, 0.25) is 0 Å². The van der Waals surface area contributed by atoms with Gasteiger partial charge in [-0.1, -0.05) is 0 Å². The van der Waals surface area contributed by atoms with E-state index < -0.39 is 17.1 Å². The summed E-state index contributed by atoms with van der Waals surface area (Å²) in [6, 6.07) is 14.4. The third-order valence-corrected chi connectivity index (χ3v) is 6.98. The fourth-order valence-corrected chi connectivity index (χ4v) is 5.26. The van der Waals surface area contributed by atoms with Gasteiger partial charge in [0, 0.05) is 0 Å². The second-order valence-corrected chi connectivity index (χ2v) is 10.3. The van der Waals surface area contributed by atoms with Crippen molar-refractivity contribution in [1.82, 2.24) is 4.98 Å². The summed E-state index contributed by atoms with van der Waals surface area (Å²) in [5.41, 5.74) is 2.22. The van der Waals surface area contributed by atoms with Crippen molar-refractivity contribution >= 4 is 33.8 Å². The Balaban J connectivity index is 2.54. The number of para-hydroxylation sites is 2. The van der Waals surface area contributed by atoms with Crippen LogP contribution in [0.4, 0.5) is 0 Å². The molecule has 3 rings (SSSR count). The average molecular weight is 261 g/mol. The number of H-pyrrole nitrogens is 1. The molecule has 0 aliphatic carbocycles. The van der Waals surface area contributed by atoms with Crippen LogP contribution < -0.4 is 3.87 Å². The first-order valence-corrected chi connectivity index (χ1v) is 12.4. The van der Waals surface area contributed by atoms with Gasteiger partial charge in [0.05, 0.1) is 0 Å². The van der Waals surface area contributed by atoms with Gasteiger partial charge in [0.1, 0.15) is 0 Å². The molecule has 1 heterocycles. The summed E-state index contributed by atoms with van der Waals surface area (Å²) in [6.45, 7) is 0. The number of aromatic amines is 1. The number of fused-ring (bicyclic) bond motifs is 3. The van der Waals surface area contributed by atoms with E-state index in [9.17, 15) is 3.32 Å². The van der Waals surface area contributed by atoms with Crippen LogP contribution in [-0.2, 0) is 20.4 Å². The third kappa shape index (κ3) is 1.44. The van der Waals surface area contributed by atoms with Crippen LogP contribution >= 0.6 is 0 Å². The van der Waals surface area contributed by atoms with Crippen molar-refractivity contribution in [3.63, 3.8) is 0 Å². The summed E-state index contributed by atoms with van der Waals surface area (Å²) in [7, 11) is 0.807. The van der Waals surface area contributed by atoms with Crippen molar-refractivity contribution in [3.05, 3.63) is 42.5 Å². The molecule has 0 amide bonds. The van der Waals surface area contributed by atoms with E-state index in [0.717, 1.165) is 23.0 Å². The number of aromatic nitrogens is 1. The van der Waals surface area contributed by atoms with Gasteiger partial charge < -0.3 is 0 Å². The Bertz CT molecular complexity index is 704. The number of benzene rings is 2. The molecule has 0 aliphatic rings. The molecule has 2 aromatic carbocycles. The zero-order valence-corrected chi connectivity index (χ0v) is 12.5. The molecular weight excluding hydrogens is 250 g/mol. The first-order valence-electron chi connectivity index (χ1n) is 5.28. The van der Waals surface area contributed by atoms with Gasteiger partial charge in [-0.25, -0.2) is 0 Å². The van der Waals surface area contributed by atoms with E-state index in [-0.39, 0.29) is 0 Å². The molecule has 16 heavy (non-hydrogen) atoms. The topological polar surface area (TPSA) is 32.9 Å². The summed E-state index contributed by atoms with van der Waals surface area (Å²) < 4.78 is 12.9. The van der Waals surface area contributed by atoms with Crippen molar-refractivity contribution in [2.75, 3.05) is 0 Å². The van der Waals surface area contributed by atoms with Crippen LogP contribution in [0.5, 0.6) is 0 Å². The molecule has 0 bridgehead atoms. The molecule has 0 atom stereocenters. The minimum absolute atomic E-state index is 0.807. The van der Waals surface area contributed by atoms with Crippen molar-refractivity contribution in [3.8, 4) is 0 Å². The molecule has 0 unspecified atom stereocenters. The van der Waals surface area contributed by atoms with E-state index in [4.69, 9.17) is 0 Å². The van der Waals surface area contributed by atoms with Crippen molar-refractivity contribution < 1.29 is 20.4 Å². The molecule has 0 radical (unpaired) electrons. The van der Waals surface area contributed by atoms with Gasteiger partial charge in [-0.15, -0.1) is 0 Å². The molecule has 1 aromatic heterocycles. The maximum absolute atomic E-state index is 11.8. The fraction of sp³-hybridized carbons (Fsp3) is 0. The SMILES string of the molecule is [O]=[Ti]([SiH3])[c]1cccc2c1[nH]c1ccccc12. The Kier molecular flexibility index (Phi) is 2.39. The first kappa shape index (κ1) is 10.1. The molecule has 78 valence electrons. The Morgan fingerprint density at radius 1 is 1.00 bits per heavy atom. The van der Waals surface area contributed by atoms with Gasteiger partial charge in [0.25, 0.3) is 0 Å². The van der Waals surface area contributed by atoms with Crippen LogP contribution in [0.1, 0.15) is 0 Å². The third-order valence-electron chi connectivity index (χ3n) is 2.92. The molecule has 0 spiro atoms. The Hall–Kier alpha value is -1.03. The number of nitrogens with one attached hydrogen (secondary N) is 1. The Morgan fingerprint density at radius 3 is 2.56 bits per heavy atom. The summed E-state index contributed by atoms with van der Waals surface area (Å²) in [5, 5.41) is 2.42. The summed E-state index contributed by atoms with van der Waals surface area (Å²) >= 11 is -2.14. The van der Waals surface area contributed by atoms with E-state index >= 15 is 0 Å². The second-order valence-electron chi connectivity index (χ2n) is 3.95. The molecular formula is C12H11NOSiTi. The predicted molar refractivity (Wildman–Crippen MR) is 66.1 cm³/mol. The standard InChI is InChI=1S/C12H8N.O.H3Si.Ti/c1-3-7-11-9(5-1)10-6-2-4-8-12(10)13-11;;;/h1-7,13H;;1H3;.